The van der Waals surface area contributed by atoms with E-state index in [0.717, 1.165) is 32.2 Å². The first-order valence-corrected chi connectivity index (χ1v) is 23.0. The maximum Gasteiger partial charge on any atom is 0.309 e. The molecule has 5 saturated heterocycles. The molecule has 0 aromatic heterocycles. The van der Waals surface area contributed by atoms with E-state index in [1.54, 1.807) is 0 Å². The number of aliphatic hydroxyl groups is 2. The van der Waals surface area contributed by atoms with Gasteiger partial charge in [0.15, 0.2) is 11.6 Å². The van der Waals surface area contributed by atoms with Crippen LogP contribution in [-0.4, -0.2) is 99.1 Å². The van der Waals surface area contributed by atoms with E-state index >= 15 is 0 Å². The van der Waals surface area contributed by atoms with Crippen molar-refractivity contribution in [1.29, 1.82) is 0 Å². The molecule has 18 atom stereocenters. The molecule has 5 rings (SSSR count). The first-order chi connectivity index (χ1) is 26.7. The molecule has 0 radical (unpaired) electrons. The lowest BCUT2D eigenvalue weighted by Crippen LogP contribution is -2.67. The van der Waals surface area contributed by atoms with E-state index in [4.69, 9.17) is 23.7 Å². The van der Waals surface area contributed by atoms with Gasteiger partial charge in [0.25, 0.3) is 0 Å². The molecule has 330 valence electrons. The minimum atomic E-state index is -0.959. The van der Waals surface area contributed by atoms with Crippen LogP contribution in [0.4, 0.5) is 0 Å². The first kappa shape index (κ1) is 46.9. The molecular formula is C46H81NO10. The molecule has 57 heavy (non-hydrogen) atoms. The van der Waals surface area contributed by atoms with Crippen LogP contribution in [0, 0.1) is 47.3 Å². The van der Waals surface area contributed by atoms with Crippen molar-refractivity contribution >= 4 is 11.8 Å². The molecule has 0 aromatic carbocycles. The molecule has 5 fully saturated rings. The van der Waals surface area contributed by atoms with Crippen molar-refractivity contribution in [3.05, 3.63) is 0 Å². The zero-order valence-electron chi connectivity index (χ0n) is 37.6. The Balaban J connectivity index is 1.35. The molecule has 5 aliphatic heterocycles. The lowest BCUT2D eigenvalue weighted by atomic mass is 9.72. The third-order valence-electron chi connectivity index (χ3n) is 15.7. The fourth-order valence-corrected chi connectivity index (χ4v) is 11.5. The molecule has 0 saturated carbocycles. The number of ether oxygens (including phenoxy) is 5. The first-order valence-electron chi connectivity index (χ1n) is 23.0. The van der Waals surface area contributed by atoms with Crippen molar-refractivity contribution in [2.24, 2.45) is 47.3 Å². The molecule has 0 amide bonds. The van der Waals surface area contributed by atoms with Crippen LogP contribution < -0.4 is 5.32 Å². The number of hydrogen-bond donors (Lipinski definition) is 4. The Bertz CT molecular complexity index is 1360. The van der Waals surface area contributed by atoms with Gasteiger partial charge in [0.1, 0.15) is 5.78 Å². The highest BCUT2D eigenvalue weighted by Crippen LogP contribution is 2.56. The number of rotatable bonds is 15. The van der Waals surface area contributed by atoms with Crippen LogP contribution in [0.15, 0.2) is 0 Å². The summed E-state index contributed by atoms with van der Waals surface area (Å²) in [4.78, 5) is 26.6. The van der Waals surface area contributed by atoms with Gasteiger partial charge in [-0.3, -0.25) is 9.59 Å². The molecule has 5 aliphatic rings. The van der Waals surface area contributed by atoms with Gasteiger partial charge in [-0.05, 0) is 102 Å². The lowest BCUT2D eigenvalue weighted by molar-refractivity contribution is -0.430. The van der Waals surface area contributed by atoms with Crippen molar-refractivity contribution < 1.29 is 48.6 Å². The molecule has 0 aromatic rings. The van der Waals surface area contributed by atoms with Gasteiger partial charge in [0, 0.05) is 36.5 Å². The van der Waals surface area contributed by atoms with Gasteiger partial charge in [-0.25, -0.2) is 0 Å². The molecule has 4 N–H and O–H groups in total. The van der Waals surface area contributed by atoms with Gasteiger partial charge in [0.05, 0.1) is 59.8 Å². The minimum absolute atomic E-state index is 0.0160. The van der Waals surface area contributed by atoms with Gasteiger partial charge in [-0.2, -0.15) is 0 Å². The Labute approximate surface area is 344 Å². The van der Waals surface area contributed by atoms with Crippen molar-refractivity contribution in [3.63, 3.8) is 0 Å². The quantitative estimate of drug-likeness (QED) is 0.129. The number of hydrogen-bond acceptors (Lipinski definition) is 10. The SMILES string of the molecule is CCC(C(=O)O)[C@H]1CC[C@H](C)C([C@@H](C)[C@H](O)[C@H](C)C(=O)[C@H](CC)[C@H]2O[C@]3(CC[C@@H](NCC(C)C)[C@]4(CC[C@@](C)([C@H]5CC[C@](O)(CC)[C@H](C)O5)O4)O3)[C@H](C)C[C@@H]2C)O1. The fourth-order valence-electron chi connectivity index (χ4n) is 11.5. The van der Waals surface area contributed by atoms with Gasteiger partial charge in [-0.1, -0.05) is 69.2 Å². The van der Waals surface area contributed by atoms with E-state index < -0.39 is 64.8 Å². The van der Waals surface area contributed by atoms with E-state index in [9.17, 15) is 24.9 Å². The number of ketones is 1. The summed E-state index contributed by atoms with van der Waals surface area (Å²) in [5.41, 5.74) is -1.45. The minimum Gasteiger partial charge on any atom is -0.481 e. The third-order valence-corrected chi connectivity index (χ3v) is 15.7. The molecule has 2 unspecified atom stereocenters. The number of aliphatic hydroxyl groups excluding tert-OH is 1. The number of aliphatic carboxylic acids is 1. The Morgan fingerprint density at radius 1 is 0.807 bits per heavy atom. The van der Waals surface area contributed by atoms with E-state index in [1.807, 2.05) is 41.5 Å². The van der Waals surface area contributed by atoms with Crippen LogP contribution in [0.3, 0.4) is 0 Å². The highest BCUT2D eigenvalue weighted by Gasteiger charge is 2.64. The summed E-state index contributed by atoms with van der Waals surface area (Å²) in [6, 6.07) is -0.0538. The molecule has 11 nitrogen and oxygen atoms in total. The van der Waals surface area contributed by atoms with Crippen LogP contribution >= 0.6 is 0 Å². The van der Waals surface area contributed by atoms with Gasteiger partial charge >= 0.3 is 5.97 Å². The highest BCUT2D eigenvalue weighted by atomic mass is 16.8. The number of carbonyl (C=O) groups is 2. The summed E-state index contributed by atoms with van der Waals surface area (Å²) >= 11 is 0. The van der Waals surface area contributed by atoms with E-state index in [2.05, 4.69) is 46.9 Å². The summed E-state index contributed by atoms with van der Waals surface area (Å²) in [6.45, 7) is 25.5. The number of nitrogens with one attached hydrogen (secondary N) is 1. The number of Topliss-reactive ketones (excluding diaryl/α,β-unsaturated/α-hetero) is 1. The lowest BCUT2D eigenvalue weighted by Gasteiger charge is -2.57. The normalized spacial score (nSPS) is 44.2. The van der Waals surface area contributed by atoms with Crippen molar-refractivity contribution in [1.82, 2.24) is 5.32 Å². The molecular weight excluding hydrogens is 727 g/mol. The van der Waals surface area contributed by atoms with E-state index in [1.165, 1.54) is 0 Å². The second-order valence-electron chi connectivity index (χ2n) is 20.1. The standard InChI is InChI=1S/C46H81NO10/c1-13-33(42(50)51)35-17-16-27(6)40(54-35)31(10)38(48)30(9)39(49)34(14-2)41-28(7)24-29(8)45(55-41)21-18-36(47-25-26(4)5)46(57-45)23-22-43(12,56-46)37-19-20-44(52,15-3)32(11)53-37/h26-38,40-41,47-48,52H,13-25H2,1-12H3,(H,50,51)/t27-,28-,29+,30-,31-,32-,33?,34-,35+,36+,37+,38+,40?,41-,43-,44+,45-,46-/m0/s1. The molecule has 2 spiro atoms. The van der Waals surface area contributed by atoms with Crippen LogP contribution in [0.2, 0.25) is 0 Å². The Hall–Kier alpha value is -1.18. The summed E-state index contributed by atoms with van der Waals surface area (Å²) in [6.07, 6.45) is 5.67. The average molecular weight is 808 g/mol. The van der Waals surface area contributed by atoms with E-state index in [-0.39, 0.29) is 53.8 Å². The maximum absolute atomic E-state index is 14.6. The van der Waals surface area contributed by atoms with Crippen LogP contribution in [0.1, 0.15) is 160 Å². The topological polar surface area (TPSA) is 153 Å². The second-order valence-corrected chi connectivity index (χ2v) is 20.1. The largest absolute Gasteiger partial charge is 0.481 e. The van der Waals surface area contributed by atoms with Crippen LogP contribution in [0.25, 0.3) is 0 Å². The van der Waals surface area contributed by atoms with Crippen molar-refractivity contribution in [2.45, 2.75) is 226 Å². The van der Waals surface area contributed by atoms with Gasteiger partial charge in [0.2, 0.25) is 0 Å². The molecule has 0 bridgehead atoms. The number of carbonyl (C=O) groups excluding carboxylic acids is 1. The van der Waals surface area contributed by atoms with Crippen molar-refractivity contribution in [3.8, 4) is 0 Å². The van der Waals surface area contributed by atoms with E-state index in [0.29, 0.717) is 57.3 Å². The average Bonchev–Trinajstić information content (AvgIpc) is 3.51. The summed E-state index contributed by atoms with van der Waals surface area (Å²) < 4.78 is 35.0. The zero-order chi connectivity index (χ0) is 42.2. The maximum atomic E-state index is 14.6. The summed E-state index contributed by atoms with van der Waals surface area (Å²) in [5.74, 6) is -4.13. The second kappa shape index (κ2) is 18.4. The molecule has 0 aliphatic carbocycles. The Kier molecular flexibility index (Phi) is 15.2. The Morgan fingerprint density at radius 3 is 2.09 bits per heavy atom. The zero-order valence-corrected chi connectivity index (χ0v) is 37.6. The van der Waals surface area contributed by atoms with Crippen molar-refractivity contribution in [2.75, 3.05) is 6.54 Å². The third kappa shape index (κ3) is 9.36. The molecule has 11 heteroatoms. The monoisotopic (exact) mass is 808 g/mol. The smallest absolute Gasteiger partial charge is 0.309 e. The van der Waals surface area contributed by atoms with Crippen LogP contribution in [-0.2, 0) is 33.3 Å². The van der Waals surface area contributed by atoms with Gasteiger partial charge in [-0.15, -0.1) is 0 Å². The number of carboxylic acids is 1. The predicted octanol–water partition coefficient (Wildman–Crippen LogP) is 7.67. The number of carboxylic acid groups (broad SMARTS) is 1. The summed E-state index contributed by atoms with van der Waals surface area (Å²) in [7, 11) is 0. The Morgan fingerprint density at radius 2 is 1.49 bits per heavy atom. The van der Waals surface area contributed by atoms with Gasteiger partial charge < -0.3 is 44.3 Å². The fraction of sp³-hybridized carbons (Fsp3) is 0.957. The highest BCUT2D eigenvalue weighted by molar-refractivity contribution is 5.84. The molecule has 5 heterocycles. The van der Waals surface area contributed by atoms with Crippen LogP contribution in [0.5, 0.6) is 0 Å². The summed E-state index contributed by atoms with van der Waals surface area (Å²) in [5, 5.41) is 36.7. The predicted molar refractivity (Wildman–Crippen MR) is 219 cm³/mol.